The molecule has 0 aliphatic carbocycles. The highest BCUT2D eigenvalue weighted by molar-refractivity contribution is 5.91. The summed E-state index contributed by atoms with van der Waals surface area (Å²) in [6.07, 6.45) is -3.47. The molecule has 0 aromatic heterocycles. The molecule has 1 atom stereocenters. The summed E-state index contributed by atoms with van der Waals surface area (Å²) < 4.78 is 12.2. The van der Waals surface area contributed by atoms with Crippen LogP contribution in [0.15, 0.2) is 0 Å². The topological polar surface area (TPSA) is 136 Å². The minimum Gasteiger partial charge on any atom is -0.481 e. The van der Waals surface area contributed by atoms with E-state index in [2.05, 4.69) is 14.2 Å². The molecule has 0 rings (SSSR count). The molecule has 0 aromatic carbocycles. The summed E-state index contributed by atoms with van der Waals surface area (Å²) in [4.78, 5) is 43.4. The van der Waals surface area contributed by atoms with Gasteiger partial charge < -0.3 is 24.4 Å². The van der Waals surface area contributed by atoms with Gasteiger partial charge in [-0.1, -0.05) is 0 Å². The van der Waals surface area contributed by atoms with Crippen molar-refractivity contribution in [2.45, 2.75) is 18.4 Å². The van der Waals surface area contributed by atoms with E-state index in [0.29, 0.717) is 0 Å². The Morgan fingerprint density at radius 2 is 1.61 bits per heavy atom. The third kappa shape index (κ3) is 4.78. The molecule has 0 heterocycles. The van der Waals surface area contributed by atoms with Crippen LogP contribution in [0.25, 0.3) is 0 Å². The molecule has 1 unspecified atom stereocenters. The lowest BCUT2D eigenvalue weighted by Crippen LogP contribution is -2.44. The second-order valence-electron chi connectivity index (χ2n) is 3.20. The second kappa shape index (κ2) is 6.55. The molecule has 0 aliphatic rings. The van der Waals surface area contributed by atoms with Gasteiger partial charge in [0.2, 0.25) is 0 Å². The average Bonchev–Trinajstić information content (AvgIpc) is 2.25. The van der Waals surface area contributed by atoms with Crippen LogP contribution in [0.3, 0.4) is 0 Å². The van der Waals surface area contributed by atoms with Crippen molar-refractivity contribution in [3.8, 4) is 0 Å². The van der Waals surface area contributed by atoms with E-state index in [1.54, 1.807) is 0 Å². The largest absolute Gasteiger partial charge is 0.515 e. The lowest BCUT2D eigenvalue weighted by molar-refractivity contribution is -0.173. The standard InChI is InChI=1S/C9H12O9/c1-16-7(13)9(15,3-5(10)11)4-6(12)18-8(14)17-2/h15H,3-4H2,1-2H3,(H,10,11). The number of aliphatic carboxylic acids is 1. The van der Waals surface area contributed by atoms with Gasteiger partial charge in [0.25, 0.3) is 0 Å². The van der Waals surface area contributed by atoms with Crippen LogP contribution in [-0.2, 0) is 28.6 Å². The third-order valence-electron chi connectivity index (χ3n) is 1.81. The molecule has 9 heteroatoms. The van der Waals surface area contributed by atoms with E-state index >= 15 is 0 Å². The average molecular weight is 264 g/mol. The maximum Gasteiger partial charge on any atom is 0.515 e. The van der Waals surface area contributed by atoms with Crippen LogP contribution < -0.4 is 0 Å². The molecule has 0 bridgehead atoms. The Hall–Kier alpha value is -2.16. The van der Waals surface area contributed by atoms with Gasteiger partial charge in [-0.15, -0.1) is 0 Å². The van der Waals surface area contributed by atoms with Gasteiger partial charge in [-0.2, -0.15) is 0 Å². The van der Waals surface area contributed by atoms with Crippen LogP contribution in [0.5, 0.6) is 0 Å². The summed E-state index contributed by atoms with van der Waals surface area (Å²) >= 11 is 0. The molecule has 0 aliphatic heterocycles. The third-order valence-corrected chi connectivity index (χ3v) is 1.81. The smallest absolute Gasteiger partial charge is 0.481 e. The van der Waals surface area contributed by atoms with Crippen molar-refractivity contribution < 1.29 is 43.6 Å². The lowest BCUT2D eigenvalue weighted by atomic mass is 9.96. The summed E-state index contributed by atoms with van der Waals surface area (Å²) in [5.74, 6) is -4.18. The fourth-order valence-electron chi connectivity index (χ4n) is 1.06. The number of methoxy groups -OCH3 is 2. The number of carboxylic acids is 1. The first-order chi connectivity index (χ1) is 8.25. The normalized spacial score (nSPS) is 13.1. The predicted molar refractivity (Wildman–Crippen MR) is 52.3 cm³/mol. The molecule has 9 nitrogen and oxygen atoms in total. The van der Waals surface area contributed by atoms with Crippen molar-refractivity contribution in [2.75, 3.05) is 14.2 Å². The number of rotatable bonds is 5. The minimum absolute atomic E-state index is 0.904. The van der Waals surface area contributed by atoms with E-state index in [1.807, 2.05) is 0 Å². The van der Waals surface area contributed by atoms with Crippen LogP contribution in [0.2, 0.25) is 0 Å². The van der Waals surface area contributed by atoms with Gasteiger partial charge in [-0.3, -0.25) is 9.59 Å². The molecule has 102 valence electrons. The molecule has 0 fully saturated rings. The first-order valence-electron chi connectivity index (χ1n) is 4.56. The van der Waals surface area contributed by atoms with Crippen LogP contribution in [0, 0.1) is 0 Å². The van der Waals surface area contributed by atoms with Crippen LogP contribution in [0.1, 0.15) is 12.8 Å². The number of aliphatic hydroxyl groups is 1. The molecule has 0 saturated carbocycles. The quantitative estimate of drug-likeness (QED) is 0.476. The van der Waals surface area contributed by atoms with Crippen LogP contribution in [-0.4, -0.2) is 54.1 Å². The van der Waals surface area contributed by atoms with E-state index in [-0.39, 0.29) is 0 Å². The molecule has 2 N–H and O–H groups in total. The van der Waals surface area contributed by atoms with Crippen LogP contribution >= 0.6 is 0 Å². The zero-order valence-electron chi connectivity index (χ0n) is 9.67. The maximum atomic E-state index is 11.2. The first-order valence-corrected chi connectivity index (χ1v) is 4.56. The van der Waals surface area contributed by atoms with Gasteiger partial charge in [0.15, 0.2) is 5.60 Å². The number of esters is 2. The monoisotopic (exact) mass is 264 g/mol. The zero-order valence-corrected chi connectivity index (χ0v) is 9.67. The van der Waals surface area contributed by atoms with Crippen molar-refractivity contribution in [3.63, 3.8) is 0 Å². The molecule has 0 amide bonds. The fraction of sp³-hybridized carbons (Fsp3) is 0.556. The van der Waals surface area contributed by atoms with Crippen molar-refractivity contribution >= 4 is 24.1 Å². The number of carboxylic acid groups (broad SMARTS) is 1. The van der Waals surface area contributed by atoms with Crippen molar-refractivity contribution in [2.24, 2.45) is 0 Å². The van der Waals surface area contributed by atoms with Gasteiger partial charge in [0.05, 0.1) is 27.1 Å². The summed E-state index contributed by atoms with van der Waals surface area (Å²) in [7, 11) is 1.85. The summed E-state index contributed by atoms with van der Waals surface area (Å²) in [6.45, 7) is 0. The Balaban J connectivity index is 4.79. The van der Waals surface area contributed by atoms with E-state index in [9.17, 15) is 24.3 Å². The van der Waals surface area contributed by atoms with E-state index < -0.39 is 42.5 Å². The van der Waals surface area contributed by atoms with E-state index in [0.717, 1.165) is 14.2 Å². The number of ether oxygens (including phenoxy) is 3. The Kier molecular flexibility index (Phi) is 5.76. The molecule has 18 heavy (non-hydrogen) atoms. The number of hydrogen-bond acceptors (Lipinski definition) is 8. The van der Waals surface area contributed by atoms with Gasteiger partial charge in [0.1, 0.15) is 0 Å². The molecule has 0 saturated heterocycles. The molecular formula is C9H12O9. The van der Waals surface area contributed by atoms with Crippen molar-refractivity contribution in [3.05, 3.63) is 0 Å². The van der Waals surface area contributed by atoms with Gasteiger partial charge >= 0.3 is 24.1 Å². The van der Waals surface area contributed by atoms with E-state index in [1.165, 1.54) is 0 Å². The Morgan fingerprint density at radius 1 is 1.06 bits per heavy atom. The highest BCUT2D eigenvalue weighted by Gasteiger charge is 2.43. The molecular weight excluding hydrogens is 252 g/mol. The molecule has 0 spiro atoms. The van der Waals surface area contributed by atoms with Gasteiger partial charge in [-0.05, 0) is 0 Å². The zero-order chi connectivity index (χ0) is 14.3. The summed E-state index contributed by atoms with van der Waals surface area (Å²) in [5.41, 5.74) is -2.61. The summed E-state index contributed by atoms with van der Waals surface area (Å²) in [6, 6.07) is 0. The van der Waals surface area contributed by atoms with Crippen LogP contribution in [0.4, 0.5) is 4.79 Å². The summed E-state index contributed by atoms with van der Waals surface area (Å²) in [5, 5.41) is 18.2. The molecule has 0 radical (unpaired) electrons. The number of carbonyl (C=O) groups is 4. The highest BCUT2D eigenvalue weighted by Crippen LogP contribution is 2.18. The lowest BCUT2D eigenvalue weighted by Gasteiger charge is -2.21. The maximum absolute atomic E-state index is 11.2. The molecule has 0 aromatic rings. The van der Waals surface area contributed by atoms with E-state index in [4.69, 9.17) is 5.11 Å². The Morgan fingerprint density at radius 3 is 2.00 bits per heavy atom. The van der Waals surface area contributed by atoms with Crippen molar-refractivity contribution in [1.82, 2.24) is 0 Å². The number of carbonyl (C=O) groups excluding carboxylic acids is 3. The minimum atomic E-state index is -2.61. The number of hydrogen-bond donors (Lipinski definition) is 2. The Bertz CT molecular complexity index is 361. The van der Waals surface area contributed by atoms with Gasteiger partial charge in [-0.25, -0.2) is 9.59 Å². The van der Waals surface area contributed by atoms with Crippen molar-refractivity contribution in [1.29, 1.82) is 0 Å². The highest BCUT2D eigenvalue weighted by atomic mass is 16.7. The Labute approximate surface area is 101 Å². The predicted octanol–water partition coefficient (Wildman–Crippen LogP) is -0.935. The SMILES string of the molecule is COC(=O)OC(=O)CC(O)(CC(=O)O)C(=O)OC. The van der Waals surface area contributed by atoms with Gasteiger partial charge in [0, 0.05) is 0 Å². The first kappa shape index (κ1) is 15.8. The second-order valence-corrected chi connectivity index (χ2v) is 3.20. The fourth-order valence-corrected chi connectivity index (χ4v) is 1.06.